The summed E-state index contributed by atoms with van der Waals surface area (Å²) < 4.78 is 1.51. The molecule has 0 atom stereocenters. The van der Waals surface area contributed by atoms with Crippen LogP contribution in [0, 0.1) is 0 Å². The quantitative estimate of drug-likeness (QED) is 0.211. The second kappa shape index (κ2) is 19.4. The highest BCUT2D eigenvalue weighted by Crippen LogP contribution is 2.31. The van der Waals surface area contributed by atoms with Crippen molar-refractivity contribution in [3.8, 4) is 0 Å². The molecule has 3 nitrogen and oxygen atoms in total. The number of nitrogens with zero attached hydrogens (tertiary/aromatic N) is 1. The molecule has 174 valence electrons. The van der Waals surface area contributed by atoms with Crippen LogP contribution in [0.15, 0.2) is 0 Å². The van der Waals surface area contributed by atoms with Crippen molar-refractivity contribution in [2.45, 2.75) is 143 Å². The van der Waals surface area contributed by atoms with E-state index in [-0.39, 0.29) is 0 Å². The van der Waals surface area contributed by atoms with Gasteiger partial charge < -0.3 is 14.4 Å². The first kappa shape index (κ1) is 28.4. The molecule has 1 fully saturated rings. The Hall–Kier alpha value is -0.570. The molecule has 0 aromatic heterocycles. The van der Waals surface area contributed by atoms with Crippen LogP contribution in [0.25, 0.3) is 0 Å². The van der Waals surface area contributed by atoms with Crippen LogP contribution < -0.4 is 5.11 Å². The minimum absolute atomic E-state index is 0.972. The van der Waals surface area contributed by atoms with E-state index in [1.54, 1.807) is 0 Å². The van der Waals surface area contributed by atoms with Crippen molar-refractivity contribution in [2.24, 2.45) is 0 Å². The number of carbonyl (C=O) groups is 1. The smallest absolute Gasteiger partial charge is 0.0890 e. The standard InChI is InChI=1S/C24H50N.C2H4O2/c1-4-7-10-16-21-25(22-17-11-8-5-2,23-18-12-9-6-3)24-19-14-13-15-20-24;1-2(3)4/h24H,4-23H2,1-3H3;1H3,(H,3,4)/q+1;/p-1. The average Bonchev–Trinajstić information content (AvgIpc) is 2.71. The zero-order valence-corrected chi connectivity index (χ0v) is 20.5. The maximum Gasteiger partial charge on any atom is 0.0890 e. The summed E-state index contributed by atoms with van der Waals surface area (Å²) in [4.78, 5) is 8.89. The minimum atomic E-state index is -1.08. The Balaban J connectivity index is 0.00000178. The Kier molecular flexibility index (Phi) is 19.0. The molecule has 0 bridgehead atoms. The molecule has 1 aliphatic carbocycles. The van der Waals surface area contributed by atoms with Crippen molar-refractivity contribution in [3.63, 3.8) is 0 Å². The van der Waals surface area contributed by atoms with Crippen LogP contribution in [-0.4, -0.2) is 36.1 Å². The van der Waals surface area contributed by atoms with E-state index in [9.17, 15) is 0 Å². The molecular weight excluding hydrogens is 358 g/mol. The van der Waals surface area contributed by atoms with E-state index >= 15 is 0 Å². The monoisotopic (exact) mass is 411 g/mol. The number of hydrogen-bond acceptors (Lipinski definition) is 2. The van der Waals surface area contributed by atoms with Gasteiger partial charge in [0, 0.05) is 5.97 Å². The summed E-state index contributed by atoms with van der Waals surface area (Å²) in [5, 5.41) is 8.89. The fraction of sp³-hybridized carbons (Fsp3) is 0.962. The number of rotatable bonds is 16. The third kappa shape index (κ3) is 15.0. The lowest BCUT2D eigenvalue weighted by atomic mass is 9.90. The van der Waals surface area contributed by atoms with Crippen LogP contribution in [0.1, 0.15) is 137 Å². The summed E-state index contributed by atoms with van der Waals surface area (Å²) in [6.45, 7) is 12.5. The van der Waals surface area contributed by atoms with Crippen LogP contribution in [0.3, 0.4) is 0 Å². The van der Waals surface area contributed by atoms with Gasteiger partial charge >= 0.3 is 0 Å². The lowest BCUT2D eigenvalue weighted by Gasteiger charge is -2.47. The molecule has 0 radical (unpaired) electrons. The normalized spacial score (nSPS) is 15.0. The SMILES string of the molecule is CC(=O)[O-].CCCCCC[N+](CCCCCC)(CCCCCC)C1CCCCC1. The number of carbonyl (C=O) groups excluding carboxylic acids is 1. The first-order valence-electron chi connectivity index (χ1n) is 13.1. The highest BCUT2D eigenvalue weighted by molar-refractivity contribution is 5.60. The zero-order chi connectivity index (χ0) is 21.8. The van der Waals surface area contributed by atoms with E-state index in [0.29, 0.717) is 0 Å². The molecule has 0 aromatic rings. The number of quaternary nitrogens is 1. The molecule has 0 aliphatic heterocycles. The number of unbranched alkanes of at least 4 members (excludes halogenated alkanes) is 9. The van der Waals surface area contributed by atoms with E-state index in [1.165, 1.54) is 133 Å². The summed E-state index contributed by atoms with van der Waals surface area (Å²) in [6, 6.07) is 0.999. The molecule has 0 saturated heterocycles. The maximum absolute atomic E-state index is 8.89. The van der Waals surface area contributed by atoms with Gasteiger partial charge in [0.15, 0.2) is 0 Å². The van der Waals surface area contributed by atoms with Gasteiger partial charge in [-0.15, -0.1) is 0 Å². The molecule has 0 aromatic carbocycles. The molecule has 3 heteroatoms. The van der Waals surface area contributed by atoms with Crippen LogP contribution in [-0.2, 0) is 4.79 Å². The van der Waals surface area contributed by atoms with Crippen molar-refractivity contribution < 1.29 is 14.4 Å². The molecular formula is C26H53NO2. The summed E-state index contributed by atoms with van der Waals surface area (Å²) in [6.07, 6.45) is 24.8. The number of aliphatic carboxylic acids is 1. The minimum Gasteiger partial charge on any atom is -0.550 e. The first-order valence-corrected chi connectivity index (χ1v) is 13.1. The van der Waals surface area contributed by atoms with Crippen molar-refractivity contribution in [1.29, 1.82) is 0 Å². The van der Waals surface area contributed by atoms with Crippen LogP contribution in [0.2, 0.25) is 0 Å². The molecule has 0 heterocycles. The summed E-state index contributed by atoms with van der Waals surface area (Å²) in [5.41, 5.74) is 0. The Morgan fingerprint density at radius 3 is 1.34 bits per heavy atom. The van der Waals surface area contributed by atoms with E-state index in [4.69, 9.17) is 9.90 Å². The van der Waals surface area contributed by atoms with E-state index in [2.05, 4.69) is 20.8 Å². The van der Waals surface area contributed by atoms with Gasteiger partial charge in [0.05, 0.1) is 25.7 Å². The van der Waals surface area contributed by atoms with Gasteiger partial charge in [0.25, 0.3) is 0 Å². The highest BCUT2D eigenvalue weighted by Gasteiger charge is 2.36. The highest BCUT2D eigenvalue weighted by atomic mass is 16.4. The van der Waals surface area contributed by atoms with Gasteiger partial charge in [-0.05, 0) is 71.1 Å². The van der Waals surface area contributed by atoms with E-state index in [1.807, 2.05) is 0 Å². The second-order valence-electron chi connectivity index (χ2n) is 9.35. The van der Waals surface area contributed by atoms with Crippen molar-refractivity contribution in [1.82, 2.24) is 0 Å². The van der Waals surface area contributed by atoms with Gasteiger partial charge in [-0.1, -0.05) is 65.7 Å². The average molecular weight is 412 g/mol. The Labute approximate surface area is 183 Å². The molecule has 0 unspecified atom stereocenters. The Morgan fingerprint density at radius 1 is 0.690 bits per heavy atom. The molecule has 1 rings (SSSR count). The van der Waals surface area contributed by atoms with Gasteiger partial charge in [-0.25, -0.2) is 0 Å². The summed E-state index contributed by atoms with van der Waals surface area (Å²) in [7, 11) is 0. The topological polar surface area (TPSA) is 40.1 Å². The third-order valence-corrected chi connectivity index (χ3v) is 6.72. The largest absolute Gasteiger partial charge is 0.550 e. The fourth-order valence-corrected chi connectivity index (χ4v) is 5.07. The van der Waals surface area contributed by atoms with Gasteiger partial charge in [-0.2, -0.15) is 0 Å². The van der Waals surface area contributed by atoms with Gasteiger partial charge in [0.2, 0.25) is 0 Å². The van der Waals surface area contributed by atoms with Crippen molar-refractivity contribution in [2.75, 3.05) is 19.6 Å². The Morgan fingerprint density at radius 2 is 1.03 bits per heavy atom. The van der Waals surface area contributed by atoms with E-state index < -0.39 is 5.97 Å². The zero-order valence-electron chi connectivity index (χ0n) is 20.5. The summed E-state index contributed by atoms with van der Waals surface area (Å²) in [5.74, 6) is -1.08. The predicted octanol–water partition coefficient (Wildman–Crippen LogP) is 6.63. The van der Waals surface area contributed by atoms with Crippen molar-refractivity contribution in [3.05, 3.63) is 0 Å². The summed E-state index contributed by atoms with van der Waals surface area (Å²) >= 11 is 0. The molecule has 1 saturated carbocycles. The van der Waals surface area contributed by atoms with E-state index in [0.717, 1.165) is 13.0 Å². The number of hydrogen-bond donors (Lipinski definition) is 0. The number of carboxylic acid groups (broad SMARTS) is 1. The van der Waals surface area contributed by atoms with Gasteiger partial charge in [-0.3, -0.25) is 0 Å². The van der Waals surface area contributed by atoms with Crippen LogP contribution in [0.5, 0.6) is 0 Å². The second-order valence-corrected chi connectivity index (χ2v) is 9.35. The fourth-order valence-electron chi connectivity index (χ4n) is 5.07. The molecule has 0 spiro atoms. The third-order valence-electron chi connectivity index (χ3n) is 6.72. The Bertz CT molecular complexity index is 328. The maximum atomic E-state index is 8.89. The first-order chi connectivity index (χ1) is 14.0. The molecule has 0 amide bonds. The van der Waals surface area contributed by atoms with Crippen LogP contribution >= 0.6 is 0 Å². The van der Waals surface area contributed by atoms with Crippen molar-refractivity contribution >= 4 is 5.97 Å². The lowest BCUT2D eigenvalue weighted by molar-refractivity contribution is -0.953. The predicted molar refractivity (Wildman–Crippen MR) is 125 cm³/mol. The number of carboxylic acids is 1. The molecule has 1 aliphatic rings. The van der Waals surface area contributed by atoms with Crippen LogP contribution in [0.4, 0.5) is 0 Å². The molecule has 29 heavy (non-hydrogen) atoms. The lowest BCUT2D eigenvalue weighted by Crippen LogP contribution is -2.57. The van der Waals surface area contributed by atoms with Gasteiger partial charge in [0.1, 0.15) is 0 Å². The molecule has 0 N–H and O–H groups in total.